The van der Waals surface area contributed by atoms with Gasteiger partial charge in [-0.2, -0.15) is 0 Å². The molecular formula is C25H34N4O8S2. The van der Waals surface area contributed by atoms with Gasteiger partial charge in [-0.25, -0.2) is 14.6 Å². The Balaban J connectivity index is 1.46. The van der Waals surface area contributed by atoms with Gasteiger partial charge in [-0.1, -0.05) is 20.8 Å². The van der Waals surface area contributed by atoms with Crippen molar-refractivity contribution in [3.05, 3.63) is 21.7 Å². The minimum absolute atomic E-state index is 0.0913. The third kappa shape index (κ3) is 5.73. The summed E-state index contributed by atoms with van der Waals surface area (Å²) in [5.74, 6) is -2.54. The number of carbonyl (C=O) groups is 4. The lowest BCUT2D eigenvalue weighted by Crippen LogP contribution is -2.63. The normalized spacial score (nSPS) is 24.2. The SMILES string of the molecule is CCC(CC)OC(=O)OC(C)OC(=O)C1=C(SC2CN(c3nc(C(N)=O)cs3)C2)[C@H](C)[C@@H]2[C@@H]([C@@H](C)O)C(=O)N12. The number of aliphatic hydroxyl groups excluding tert-OH is 1. The summed E-state index contributed by atoms with van der Waals surface area (Å²) in [7, 11) is 0. The van der Waals surface area contributed by atoms with Gasteiger partial charge < -0.3 is 34.9 Å². The summed E-state index contributed by atoms with van der Waals surface area (Å²) in [6, 6.07) is -0.369. The number of thioether (sulfide) groups is 1. The predicted molar refractivity (Wildman–Crippen MR) is 144 cm³/mol. The summed E-state index contributed by atoms with van der Waals surface area (Å²) in [5, 5.41) is 12.6. The maximum atomic E-state index is 13.3. The molecule has 1 unspecified atom stereocenters. The lowest BCUT2D eigenvalue weighted by Gasteiger charge is -2.46. The van der Waals surface area contributed by atoms with Crippen molar-refractivity contribution in [3.8, 4) is 0 Å². The first-order chi connectivity index (χ1) is 18.5. The molecular weight excluding hydrogens is 548 g/mol. The number of aliphatic hydroxyl groups is 1. The van der Waals surface area contributed by atoms with Crippen LogP contribution in [0.3, 0.4) is 0 Å². The van der Waals surface area contributed by atoms with E-state index in [1.165, 1.54) is 34.9 Å². The Labute approximate surface area is 234 Å². The first-order valence-corrected chi connectivity index (χ1v) is 14.7. The highest BCUT2D eigenvalue weighted by Gasteiger charge is 2.60. The van der Waals surface area contributed by atoms with Crippen molar-refractivity contribution in [2.45, 2.75) is 77.3 Å². The second-order valence-corrected chi connectivity index (χ2v) is 12.1. The van der Waals surface area contributed by atoms with Crippen molar-refractivity contribution < 1.29 is 38.5 Å². The number of rotatable bonds is 11. The molecule has 2 fully saturated rings. The second kappa shape index (κ2) is 11.7. The van der Waals surface area contributed by atoms with Crippen LogP contribution >= 0.6 is 23.1 Å². The van der Waals surface area contributed by atoms with E-state index in [0.717, 1.165) is 0 Å². The number of ether oxygens (including phenoxy) is 3. The summed E-state index contributed by atoms with van der Waals surface area (Å²) in [4.78, 5) is 58.1. The molecule has 39 heavy (non-hydrogen) atoms. The minimum atomic E-state index is -1.24. The van der Waals surface area contributed by atoms with Gasteiger partial charge in [0.05, 0.1) is 18.1 Å². The summed E-state index contributed by atoms with van der Waals surface area (Å²) in [5.41, 5.74) is 5.64. The highest BCUT2D eigenvalue weighted by molar-refractivity contribution is 8.03. The average Bonchev–Trinajstić information content (AvgIpc) is 3.41. The Kier molecular flexibility index (Phi) is 8.76. The fourth-order valence-corrected chi connectivity index (χ4v) is 7.38. The zero-order chi connectivity index (χ0) is 28.6. The van der Waals surface area contributed by atoms with Gasteiger partial charge in [0, 0.05) is 41.5 Å². The Bertz CT molecular complexity index is 1160. The molecule has 0 aromatic carbocycles. The summed E-state index contributed by atoms with van der Waals surface area (Å²) in [6.07, 6.45) is -2.08. The van der Waals surface area contributed by atoms with Crippen LogP contribution in [0.1, 0.15) is 57.9 Å². The summed E-state index contributed by atoms with van der Waals surface area (Å²) >= 11 is 2.81. The third-order valence-corrected chi connectivity index (χ3v) is 9.52. The molecule has 2 amide bonds. The van der Waals surface area contributed by atoms with Crippen molar-refractivity contribution in [1.29, 1.82) is 0 Å². The van der Waals surface area contributed by atoms with E-state index in [9.17, 15) is 24.3 Å². The van der Waals surface area contributed by atoms with Crippen LogP contribution < -0.4 is 10.6 Å². The number of β-lactam (4-membered cyclic amide) rings is 1. The van der Waals surface area contributed by atoms with E-state index in [1.807, 2.05) is 25.7 Å². The molecule has 5 atom stereocenters. The number of hydrogen-bond acceptors (Lipinski definition) is 12. The molecule has 3 aliphatic rings. The Morgan fingerprint density at radius 3 is 2.44 bits per heavy atom. The van der Waals surface area contributed by atoms with Crippen molar-refractivity contribution in [1.82, 2.24) is 9.88 Å². The van der Waals surface area contributed by atoms with Crippen LogP contribution in [-0.2, 0) is 23.8 Å². The van der Waals surface area contributed by atoms with Gasteiger partial charge in [-0.15, -0.1) is 23.1 Å². The number of hydrogen-bond donors (Lipinski definition) is 2. The van der Waals surface area contributed by atoms with Gasteiger partial charge in [0.1, 0.15) is 17.5 Å². The topological polar surface area (TPSA) is 162 Å². The van der Waals surface area contributed by atoms with Crippen molar-refractivity contribution in [2.24, 2.45) is 17.6 Å². The van der Waals surface area contributed by atoms with E-state index in [-0.39, 0.29) is 40.6 Å². The van der Waals surface area contributed by atoms with Crippen LogP contribution in [0.4, 0.5) is 9.93 Å². The average molecular weight is 583 g/mol. The first kappa shape index (κ1) is 29.2. The van der Waals surface area contributed by atoms with E-state index in [0.29, 0.717) is 36.0 Å². The number of fused-ring (bicyclic) bond motifs is 1. The molecule has 0 saturated carbocycles. The smallest absolute Gasteiger partial charge is 0.431 e. The van der Waals surface area contributed by atoms with E-state index >= 15 is 0 Å². The number of esters is 1. The fraction of sp³-hybridized carbons (Fsp3) is 0.640. The Morgan fingerprint density at radius 2 is 1.87 bits per heavy atom. The van der Waals surface area contributed by atoms with E-state index in [2.05, 4.69) is 4.98 Å². The highest BCUT2D eigenvalue weighted by Crippen LogP contribution is 2.52. The summed E-state index contributed by atoms with van der Waals surface area (Å²) in [6.45, 7) is 9.90. The van der Waals surface area contributed by atoms with E-state index in [1.54, 1.807) is 12.3 Å². The zero-order valence-electron chi connectivity index (χ0n) is 22.5. The second-order valence-electron chi connectivity index (χ2n) is 9.89. The molecule has 4 rings (SSSR count). The van der Waals surface area contributed by atoms with Gasteiger partial charge in [0.2, 0.25) is 12.2 Å². The molecule has 214 valence electrons. The number of amides is 2. The van der Waals surface area contributed by atoms with Crippen LogP contribution in [0, 0.1) is 11.8 Å². The standard InChI is InChI=1S/C25H34N4O8S2/c1-6-14(7-2)37-25(34)36-13(5)35-23(33)19-20(11(3)18-17(12(4)30)22(32)29(18)19)39-15-8-28(9-15)24-27-16(10-38-24)21(26)31/h10-15,17-18,30H,6-9H2,1-5H3,(H2,26,31)/t11-,12-,13?,17-,18-/m1/s1. The number of thiazole rings is 1. The fourth-order valence-electron chi connectivity index (χ4n) is 5.03. The van der Waals surface area contributed by atoms with Gasteiger partial charge in [-0.3, -0.25) is 9.59 Å². The molecule has 1 aromatic rings. The summed E-state index contributed by atoms with van der Waals surface area (Å²) < 4.78 is 15.8. The monoisotopic (exact) mass is 582 g/mol. The van der Waals surface area contributed by atoms with Crippen LogP contribution in [0.5, 0.6) is 0 Å². The molecule has 0 spiro atoms. The van der Waals surface area contributed by atoms with Crippen molar-refractivity contribution >= 4 is 52.2 Å². The van der Waals surface area contributed by atoms with Crippen LogP contribution in [-0.4, -0.2) is 81.8 Å². The number of nitrogens with zero attached hydrogens (tertiary/aromatic N) is 3. The van der Waals surface area contributed by atoms with E-state index < -0.39 is 36.3 Å². The largest absolute Gasteiger partial charge is 0.511 e. The van der Waals surface area contributed by atoms with E-state index in [4.69, 9.17) is 19.9 Å². The number of primary amides is 1. The molecule has 12 nitrogen and oxygen atoms in total. The quantitative estimate of drug-likeness (QED) is 0.224. The molecule has 3 aliphatic heterocycles. The molecule has 14 heteroatoms. The molecule has 0 bridgehead atoms. The molecule has 0 aliphatic carbocycles. The van der Waals surface area contributed by atoms with Crippen molar-refractivity contribution in [2.75, 3.05) is 18.0 Å². The van der Waals surface area contributed by atoms with Crippen molar-refractivity contribution in [3.63, 3.8) is 0 Å². The molecule has 3 N–H and O–H groups in total. The maximum absolute atomic E-state index is 13.3. The lowest BCUT2D eigenvalue weighted by atomic mass is 9.79. The van der Waals surface area contributed by atoms with Gasteiger partial charge in [-0.05, 0) is 19.8 Å². The predicted octanol–water partition coefficient (Wildman–Crippen LogP) is 2.46. The molecule has 2 saturated heterocycles. The number of nitrogens with two attached hydrogens (primary N) is 1. The Hall–Kier alpha value is -2.84. The number of aromatic nitrogens is 1. The first-order valence-electron chi connectivity index (χ1n) is 13.0. The van der Waals surface area contributed by atoms with Crippen LogP contribution in [0.25, 0.3) is 0 Å². The Morgan fingerprint density at radius 1 is 1.21 bits per heavy atom. The van der Waals surface area contributed by atoms with Crippen LogP contribution in [0.2, 0.25) is 0 Å². The molecule has 4 heterocycles. The van der Waals surface area contributed by atoms with Crippen LogP contribution in [0.15, 0.2) is 16.0 Å². The highest BCUT2D eigenvalue weighted by atomic mass is 32.2. The minimum Gasteiger partial charge on any atom is -0.431 e. The third-order valence-electron chi connectivity index (χ3n) is 7.17. The van der Waals surface area contributed by atoms with Gasteiger partial charge >= 0.3 is 12.1 Å². The number of anilines is 1. The molecule has 1 aromatic heterocycles. The molecule has 0 radical (unpaired) electrons. The van der Waals surface area contributed by atoms with Gasteiger partial charge in [0.15, 0.2) is 5.13 Å². The van der Waals surface area contributed by atoms with Gasteiger partial charge in [0.25, 0.3) is 5.91 Å². The maximum Gasteiger partial charge on any atom is 0.511 e. The zero-order valence-corrected chi connectivity index (χ0v) is 24.1. The number of carbonyl (C=O) groups excluding carboxylic acids is 4. The lowest BCUT2D eigenvalue weighted by molar-refractivity contribution is -0.174.